The van der Waals surface area contributed by atoms with Gasteiger partial charge in [0, 0.05) is 6.04 Å². The van der Waals surface area contributed by atoms with E-state index in [0.717, 1.165) is 23.3 Å². The lowest BCUT2D eigenvalue weighted by atomic mass is 9.89. The summed E-state index contributed by atoms with van der Waals surface area (Å²) in [6, 6.07) is 16.6. The van der Waals surface area contributed by atoms with E-state index in [1.807, 2.05) is 30.3 Å². The van der Waals surface area contributed by atoms with Gasteiger partial charge in [-0.25, -0.2) is 0 Å². The molecular weight excluding hydrogens is 344 g/mol. The molecule has 0 unspecified atom stereocenters. The molecule has 1 aliphatic heterocycles. The van der Waals surface area contributed by atoms with Crippen LogP contribution < -0.4 is 5.32 Å². The minimum Gasteiger partial charge on any atom is -0.373 e. The molecule has 0 saturated heterocycles. The maximum atomic E-state index is 12.3. The van der Waals surface area contributed by atoms with Crippen molar-refractivity contribution in [2.24, 2.45) is 0 Å². The quantitative estimate of drug-likeness (QED) is 0.797. The standard InChI is InChI=1S/C21H20N2O4/c24-19(12-23-20(25)17-8-4-5-9-18(17)21(23)26)22-15-10-16(11-15)27-13-14-6-2-1-3-7-14/h1-9,15-16H,10-13H2,(H,22,24). The Bertz CT molecular complexity index is 840. The Kier molecular flexibility index (Phi) is 4.73. The van der Waals surface area contributed by atoms with Crippen LogP contribution in [0.1, 0.15) is 39.1 Å². The maximum Gasteiger partial charge on any atom is 0.262 e. The third kappa shape index (κ3) is 3.61. The number of amides is 3. The summed E-state index contributed by atoms with van der Waals surface area (Å²) < 4.78 is 5.82. The zero-order valence-corrected chi connectivity index (χ0v) is 14.8. The predicted octanol–water partition coefficient (Wildman–Crippen LogP) is 2.15. The third-order valence-electron chi connectivity index (χ3n) is 4.97. The van der Waals surface area contributed by atoms with Crippen molar-refractivity contribution in [3.8, 4) is 0 Å². The molecule has 1 fully saturated rings. The number of ether oxygens (including phenoxy) is 1. The van der Waals surface area contributed by atoms with Crippen molar-refractivity contribution in [3.05, 3.63) is 71.3 Å². The molecule has 6 heteroatoms. The summed E-state index contributed by atoms with van der Waals surface area (Å²) in [5.74, 6) is -1.15. The van der Waals surface area contributed by atoms with Crippen LogP contribution in [0.25, 0.3) is 0 Å². The summed E-state index contributed by atoms with van der Waals surface area (Å²) >= 11 is 0. The third-order valence-corrected chi connectivity index (χ3v) is 4.97. The molecule has 1 aliphatic carbocycles. The van der Waals surface area contributed by atoms with Crippen LogP contribution in [0.5, 0.6) is 0 Å². The summed E-state index contributed by atoms with van der Waals surface area (Å²) in [6.45, 7) is 0.305. The van der Waals surface area contributed by atoms with Gasteiger partial charge in [-0.3, -0.25) is 19.3 Å². The van der Waals surface area contributed by atoms with Crippen molar-refractivity contribution in [1.29, 1.82) is 0 Å². The maximum absolute atomic E-state index is 12.3. The van der Waals surface area contributed by atoms with Crippen molar-refractivity contribution in [2.75, 3.05) is 6.54 Å². The van der Waals surface area contributed by atoms with Gasteiger partial charge in [-0.2, -0.15) is 0 Å². The first-order valence-electron chi connectivity index (χ1n) is 9.02. The number of hydrogen-bond donors (Lipinski definition) is 1. The molecular formula is C21H20N2O4. The van der Waals surface area contributed by atoms with Crippen LogP contribution in [-0.4, -0.2) is 41.3 Å². The Morgan fingerprint density at radius 1 is 0.963 bits per heavy atom. The highest BCUT2D eigenvalue weighted by Gasteiger charge is 2.37. The van der Waals surface area contributed by atoms with Gasteiger partial charge in [-0.15, -0.1) is 0 Å². The van der Waals surface area contributed by atoms with Crippen molar-refractivity contribution in [1.82, 2.24) is 10.2 Å². The molecule has 1 heterocycles. The number of nitrogens with one attached hydrogen (secondary N) is 1. The molecule has 0 radical (unpaired) electrons. The topological polar surface area (TPSA) is 75.7 Å². The Labute approximate surface area is 157 Å². The zero-order chi connectivity index (χ0) is 18.8. The Morgan fingerprint density at radius 2 is 1.56 bits per heavy atom. The van der Waals surface area contributed by atoms with Crippen LogP contribution in [-0.2, 0) is 16.1 Å². The summed E-state index contributed by atoms with van der Waals surface area (Å²) in [5.41, 5.74) is 1.83. The second-order valence-electron chi connectivity index (χ2n) is 6.90. The van der Waals surface area contributed by atoms with Crippen molar-refractivity contribution in [2.45, 2.75) is 31.6 Å². The first-order chi connectivity index (χ1) is 13.1. The van der Waals surface area contributed by atoms with E-state index < -0.39 is 11.8 Å². The van der Waals surface area contributed by atoms with Gasteiger partial charge in [-0.1, -0.05) is 42.5 Å². The molecule has 6 nitrogen and oxygen atoms in total. The number of carbonyl (C=O) groups is 3. The van der Waals surface area contributed by atoms with Crippen LogP contribution in [0.2, 0.25) is 0 Å². The Balaban J connectivity index is 1.22. The van der Waals surface area contributed by atoms with E-state index in [1.54, 1.807) is 24.3 Å². The lowest BCUT2D eigenvalue weighted by molar-refractivity contribution is -0.124. The van der Waals surface area contributed by atoms with Gasteiger partial charge in [0.1, 0.15) is 6.54 Å². The molecule has 1 N–H and O–H groups in total. The normalized spacial score (nSPS) is 21.0. The van der Waals surface area contributed by atoms with Crippen LogP contribution in [0.4, 0.5) is 0 Å². The van der Waals surface area contributed by atoms with Gasteiger partial charge in [0.25, 0.3) is 11.8 Å². The smallest absolute Gasteiger partial charge is 0.262 e. The molecule has 1 saturated carbocycles. The molecule has 2 aliphatic rings. The van der Waals surface area contributed by atoms with Gasteiger partial charge in [0.15, 0.2) is 0 Å². The van der Waals surface area contributed by atoms with Crippen molar-refractivity contribution in [3.63, 3.8) is 0 Å². The highest BCUT2D eigenvalue weighted by atomic mass is 16.5. The first kappa shape index (κ1) is 17.4. The molecule has 0 aromatic heterocycles. The second-order valence-corrected chi connectivity index (χ2v) is 6.90. The van der Waals surface area contributed by atoms with Gasteiger partial charge >= 0.3 is 0 Å². The van der Waals surface area contributed by atoms with Gasteiger partial charge in [0.05, 0.1) is 23.8 Å². The lowest BCUT2D eigenvalue weighted by Gasteiger charge is -2.35. The summed E-state index contributed by atoms with van der Waals surface area (Å²) in [4.78, 5) is 37.8. The van der Waals surface area contributed by atoms with E-state index in [9.17, 15) is 14.4 Å². The number of rotatable bonds is 6. The SMILES string of the molecule is O=C(CN1C(=O)c2ccccc2C1=O)NC1CC(OCc2ccccc2)C1. The van der Waals surface area contributed by atoms with E-state index in [-0.39, 0.29) is 24.6 Å². The molecule has 0 atom stereocenters. The number of imide groups is 1. The fourth-order valence-corrected chi connectivity index (χ4v) is 3.41. The molecule has 3 amide bonds. The molecule has 4 rings (SSSR count). The fraction of sp³-hybridized carbons (Fsp3) is 0.286. The van der Waals surface area contributed by atoms with Crippen LogP contribution in [0.3, 0.4) is 0 Å². The number of carbonyl (C=O) groups excluding carboxylic acids is 3. The molecule has 27 heavy (non-hydrogen) atoms. The van der Waals surface area contributed by atoms with Crippen LogP contribution in [0, 0.1) is 0 Å². The Morgan fingerprint density at radius 3 is 2.19 bits per heavy atom. The van der Waals surface area contributed by atoms with E-state index in [0.29, 0.717) is 17.7 Å². The van der Waals surface area contributed by atoms with E-state index in [2.05, 4.69) is 5.32 Å². The van der Waals surface area contributed by atoms with E-state index in [4.69, 9.17) is 4.74 Å². The largest absolute Gasteiger partial charge is 0.373 e. The molecule has 138 valence electrons. The number of hydrogen-bond acceptors (Lipinski definition) is 4. The van der Waals surface area contributed by atoms with Gasteiger partial charge < -0.3 is 10.1 Å². The van der Waals surface area contributed by atoms with Crippen LogP contribution >= 0.6 is 0 Å². The Hall–Kier alpha value is -2.99. The zero-order valence-electron chi connectivity index (χ0n) is 14.8. The predicted molar refractivity (Wildman–Crippen MR) is 98.0 cm³/mol. The number of benzene rings is 2. The van der Waals surface area contributed by atoms with Gasteiger partial charge in [-0.05, 0) is 30.5 Å². The van der Waals surface area contributed by atoms with Crippen molar-refractivity contribution >= 4 is 17.7 Å². The van der Waals surface area contributed by atoms with E-state index >= 15 is 0 Å². The average molecular weight is 364 g/mol. The molecule has 2 aromatic carbocycles. The van der Waals surface area contributed by atoms with Gasteiger partial charge in [0.2, 0.25) is 5.91 Å². The average Bonchev–Trinajstić information content (AvgIpc) is 2.89. The molecule has 0 spiro atoms. The lowest BCUT2D eigenvalue weighted by Crippen LogP contribution is -2.51. The highest BCUT2D eigenvalue weighted by molar-refractivity contribution is 6.22. The monoisotopic (exact) mass is 364 g/mol. The van der Waals surface area contributed by atoms with Crippen molar-refractivity contribution < 1.29 is 19.1 Å². The van der Waals surface area contributed by atoms with Crippen LogP contribution in [0.15, 0.2) is 54.6 Å². The fourth-order valence-electron chi connectivity index (χ4n) is 3.41. The first-order valence-corrected chi connectivity index (χ1v) is 9.02. The van der Waals surface area contributed by atoms with E-state index in [1.165, 1.54) is 0 Å². The summed E-state index contributed by atoms with van der Waals surface area (Å²) in [7, 11) is 0. The number of nitrogens with zero attached hydrogens (tertiary/aromatic N) is 1. The molecule has 0 bridgehead atoms. The minimum absolute atomic E-state index is 0.0217. The minimum atomic E-state index is -0.413. The summed E-state index contributed by atoms with van der Waals surface area (Å²) in [6.07, 6.45) is 1.59. The highest BCUT2D eigenvalue weighted by Crippen LogP contribution is 2.25. The number of fused-ring (bicyclic) bond motifs is 1. The second kappa shape index (κ2) is 7.32. The summed E-state index contributed by atoms with van der Waals surface area (Å²) in [5, 5.41) is 2.87. The molecule has 2 aromatic rings.